The van der Waals surface area contributed by atoms with Crippen molar-refractivity contribution in [3.05, 3.63) is 6.07 Å². The fourth-order valence-electron chi connectivity index (χ4n) is 1.17. The van der Waals surface area contributed by atoms with Crippen LogP contribution < -0.4 is 16.4 Å². The number of anilines is 3. The molecule has 0 aliphatic heterocycles. The molecule has 0 amide bonds. The van der Waals surface area contributed by atoms with E-state index in [1.807, 2.05) is 6.92 Å². The lowest BCUT2D eigenvalue weighted by molar-refractivity contribution is -0.0327. The van der Waals surface area contributed by atoms with Gasteiger partial charge in [-0.1, -0.05) is 0 Å². The lowest BCUT2D eigenvalue weighted by atomic mass is 10.5. The van der Waals surface area contributed by atoms with Crippen molar-refractivity contribution in [1.29, 1.82) is 0 Å². The third-order valence-corrected chi connectivity index (χ3v) is 2.51. The largest absolute Gasteiger partial charge is 0.441 e. The van der Waals surface area contributed by atoms with Crippen LogP contribution in [0.1, 0.15) is 6.92 Å². The van der Waals surface area contributed by atoms with Gasteiger partial charge in [0.1, 0.15) is 11.6 Å². The predicted octanol–water partition coefficient (Wildman–Crippen LogP) is 2.16. The molecule has 0 aliphatic rings. The van der Waals surface area contributed by atoms with Gasteiger partial charge in [0.2, 0.25) is 5.95 Å². The Morgan fingerprint density at radius 1 is 1.28 bits per heavy atom. The zero-order valence-corrected chi connectivity index (χ0v) is 10.5. The van der Waals surface area contributed by atoms with Crippen LogP contribution in [0.25, 0.3) is 0 Å². The molecule has 5 nitrogen and oxygen atoms in total. The molecule has 0 bridgehead atoms. The molecule has 0 aliphatic carbocycles. The van der Waals surface area contributed by atoms with Gasteiger partial charge in [-0.3, -0.25) is 0 Å². The molecule has 0 atom stereocenters. The first kappa shape index (κ1) is 14.7. The maximum absolute atomic E-state index is 11.9. The van der Waals surface area contributed by atoms with E-state index in [0.29, 0.717) is 18.2 Å². The van der Waals surface area contributed by atoms with Gasteiger partial charge in [-0.05, 0) is 18.7 Å². The van der Waals surface area contributed by atoms with Crippen LogP contribution in [0.3, 0.4) is 0 Å². The van der Waals surface area contributed by atoms with Crippen molar-refractivity contribution in [3.8, 4) is 0 Å². The topological polar surface area (TPSA) is 75.9 Å². The summed E-state index contributed by atoms with van der Waals surface area (Å²) in [4.78, 5) is 7.80. The van der Waals surface area contributed by atoms with Gasteiger partial charge in [-0.2, -0.15) is 23.1 Å². The van der Waals surface area contributed by atoms with Crippen molar-refractivity contribution in [3.63, 3.8) is 0 Å². The third kappa shape index (κ3) is 5.80. The van der Waals surface area contributed by atoms with Gasteiger partial charge in [0.05, 0.1) is 0 Å². The van der Waals surface area contributed by atoms with Crippen LogP contribution in [0.15, 0.2) is 6.07 Å². The number of nitrogen functional groups attached to an aromatic ring is 1. The number of hydrogen-bond acceptors (Lipinski definition) is 6. The van der Waals surface area contributed by atoms with Crippen LogP contribution in [0.5, 0.6) is 0 Å². The summed E-state index contributed by atoms with van der Waals surface area (Å²) in [5.74, 6) is 0.917. The number of nitrogens with zero attached hydrogens (tertiary/aromatic N) is 2. The Kier molecular flexibility index (Phi) is 5.32. The first-order valence-corrected chi connectivity index (χ1v) is 6.22. The minimum absolute atomic E-state index is 0.0689. The quantitative estimate of drug-likeness (QED) is 0.694. The molecule has 0 fully saturated rings. The molecule has 18 heavy (non-hydrogen) atoms. The van der Waals surface area contributed by atoms with Gasteiger partial charge in [-0.15, -0.1) is 0 Å². The number of nitrogens with one attached hydrogen (secondary N) is 2. The summed E-state index contributed by atoms with van der Waals surface area (Å²) < 4.78 is 35.7. The molecular weight excluding hydrogens is 267 g/mol. The lowest BCUT2D eigenvalue weighted by Crippen LogP contribution is -2.12. The summed E-state index contributed by atoms with van der Waals surface area (Å²) in [5.41, 5.74) is 1.27. The average molecular weight is 281 g/mol. The van der Waals surface area contributed by atoms with Crippen LogP contribution >= 0.6 is 11.8 Å². The number of halogens is 3. The van der Waals surface area contributed by atoms with Crippen molar-refractivity contribution in [2.45, 2.75) is 12.4 Å². The molecule has 102 valence electrons. The first-order chi connectivity index (χ1) is 8.40. The second-order valence-electron chi connectivity index (χ2n) is 3.25. The molecule has 1 heterocycles. The summed E-state index contributed by atoms with van der Waals surface area (Å²) in [6, 6.07) is 1.60. The SMILES string of the molecule is CCNc1cc(NCCSC(F)(F)F)nc(N)n1. The number of hydrogen-bond donors (Lipinski definition) is 3. The predicted molar refractivity (Wildman–Crippen MR) is 67.6 cm³/mol. The summed E-state index contributed by atoms with van der Waals surface area (Å²) >= 11 is -0.0813. The van der Waals surface area contributed by atoms with E-state index in [1.165, 1.54) is 0 Å². The molecule has 0 unspecified atom stereocenters. The number of nitrogens with two attached hydrogens (primary N) is 1. The Hall–Kier alpha value is -1.38. The summed E-state index contributed by atoms with van der Waals surface area (Å²) in [6.07, 6.45) is 0. The van der Waals surface area contributed by atoms with Gasteiger partial charge in [0.25, 0.3) is 0 Å². The van der Waals surface area contributed by atoms with Crippen LogP contribution in [0.2, 0.25) is 0 Å². The minimum Gasteiger partial charge on any atom is -0.370 e. The van der Waals surface area contributed by atoms with Gasteiger partial charge in [-0.25, -0.2) is 0 Å². The molecule has 9 heteroatoms. The van der Waals surface area contributed by atoms with Crippen LogP contribution in [0, 0.1) is 0 Å². The number of alkyl halides is 3. The maximum atomic E-state index is 11.9. The fraction of sp³-hybridized carbons (Fsp3) is 0.556. The second kappa shape index (κ2) is 6.53. The van der Waals surface area contributed by atoms with Crippen molar-refractivity contribution in [1.82, 2.24) is 9.97 Å². The normalized spacial score (nSPS) is 11.3. The highest BCUT2D eigenvalue weighted by atomic mass is 32.2. The van der Waals surface area contributed by atoms with Crippen LogP contribution in [-0.4, -0.2) is 34.3 Å². The average Bonchev–Trinajstić information content (AvgIpc) is 2.23. The van der Waals surface area contributed by atoms with E-state index >= 15 is 0 Å². The van der Waals surface area contributed by atoms with E-state index in [4.69, 9.17) is 5.73 Å². The van der Waals surface area contributed by atoms with E-state index in [1.54, 1.807) is 6.07 Å². The highest BCUT2D eigenvalue weighted by Gasteiger charge is 2.27. The Labute approximate surface area is 107 Å². The molecule has 0 saturated heterocycles. The maximum Gasteiger partial charge on any atom is 0.441 e. The number of aromatic nitrogens is 2. The van der Waals surface area contributed by atoms with Crippen molar-refractivity contribution in [2.75, 3.05) is 35.2 Å². The van der Waals surface area contributed by atoms with E-state index in [0.717, 1.165) is 0 Å². The fourth-order valence-corrected chi connectivity index (χ4v) is 1.61. The summed E-state index contributed by atoms with van der Waals surface area (Å²) in [7, 11) is 0. The van der Waals surface area contributed by atoms with E-state index in [2.05, 4.69) is 20.6 Å². The molecular formula is C9H14F3N5S. The molecule has 0 radical (unpaired) electrons. The van der Waals surface area contributed by atoms with Gasteiger partial charge in [0.15, 0.2) is 0 Å². The number of thioether (sulfide) groups is 1. The summed E-state index contributed by atoms with van der Waals surface area (Å²) in [5, 5.41) is 5.71. The van der Waals surface area contributed by atoms with Gasteiger partial charge >= 0.3 is 5.51 Å². The van der Waals surface area contributed by atoms with Crippen LogP contribution in [-0.2, 0) is 0 Å². The zero-order valence-electron chi connectivity index (χ0n) is 9.71. The smallest absolute Gasteiger partial charge is 0.370 e. The Morgan fingerprint density at radius 2 is 1.89 bits per heavy atom. The minimum atomic E-state index is -4.21. The molecule has 1 rings (SSSR count). The molecule has 1 aromatic heterocycles. The van der Waals surface area contributed by atoms with E-state index < -0.39 is 5.51 Å². The van der Waals surface area contributed by atoms with Gasteiger partial charge < -0.3 is 16.4 Å². The Morgan fingerprint density at radius 3 is 2.44 bits per heavy atom. The van der Waals surface area contributed by atoms with Crippen molar-refractivity contribution >= 4 is 29.3 Å². The Balaban J connectivity index is 2.46. The molecule has 1 aromatic rings. The molecule has 0 spiro atoms. The monoisotopic (exact) mass is 281 g/mol. The van der Waals surface area contributed by atoms with Crippen molar-refractivity contribution in [2.24, 2.45) is 0 Å². The van der Waals surface area contributed by atoms with E-state index in [-0.39, 0.29) is 30.0 Å². The third-order valence-electron chi connectivity index (χ3n) is 1.78. The molecule has 0 saturated carbocycles. The zero-order chi connectivity index (χ0) is 13.6. The highest BCUT2D eigenvalue weighted by Crippen LogP contribution is 2.29. The summed E-state index contributed by atoms with van der Waals surface area (Å²) in [6.45, 7) is 2.71. The number of rotatable bonds is 6. The highest BCUT2D eigenvalue weighted by molar-refractivity contribution is 8.00. The van der Waals surface area contributed by atoms with Crippen LogP contribution in [0.4, 0.5) is 30.8 Å². The second-order valence-corrected chi connectivity index (χ2v) is 4.41. The molecule has 0 aromatic carbocycles. The standard InChI is InChI=1S/C9H14F3N5S/c1-2-14-6-5-7(17-8(13)16-6)15-3-4-18-9(10,11)12/h5H,2-4H2,1H3,(H4,13,14,15,16,17). The lowest BCUT2D eigenvalue weighted by Gasteiger charge is -2.09. The first-order valence-electron chi connectivity index (χ1n) is 5.23. The van der Waals surface area contributed by atoms with Crippen molar-refractivity contribution < 1.29 is 13.2 Å². The van der Waals surface area contributed by atoms with E-state index in [9.17, 15) is 13.2 Å². The molecule has 4 N–H and O–H groups in total. The Bertz CT molecular complexity index is 385. The van der Waals surface area contributed by atoms with Gasteiger partial charge in [0, 0.05) is 24.9 Å².